The number of nitrogens with zero attached hydrogens (tertiary/aromatic N) is 2. The fourth-order valence-electron chi connectivity index (χ4n) is 1.74. The molecule has 0 aliphatic heterocycles. The van der Waals surface area contributed by atoms with Gasteiger partial charge in [-0.2, -0.15) is 0 Å². The lowest BCUT2D eigenvalue weighted by atomic mass is 10.1. The van der Waals surface area contributed by atoms with Crippen LogP contribution in [0.4, 0.5) is 0 Å². The van der Waals surface area contributed by atoms with Crippen molar-refractivity contribution >= 4 is 5.91 Å². The van der Waals surface area contributed by atoms with Gasteiger partial charge in [-0.1, -0.05) is 0 Å². The highest BCUT2D eigenvalue weighted by atomic mass is 16.2. The maximum atomic E-state index is 12.0. The van der Waals surface area contributed by atoms with E-state index in [1.807, 2.05) is 19.1 Å². The van der Waals surface area contributed by atoms with Crippen molar-refractivity contribution in [2.45, 2.75) is 31.3 Å². The molecule has 1 aliphatic rings. The van der Waals surface area contributed by atoms with Crippen molar-refractivity contribution in [1.82, 2.24) is 9.88 Å². The van der Waals surface area contributed by atoms with E-state index in [1.54, 1.807) is 24.3 Å². The van der Waals surface area contributed by atoms with Gasteiger partial charge in [0.2, 0.25) is 5.91 Å². The van der Waals surface area contributed by atoms with Gasteiger partial charge >= 0.3 is 0 Å². The summed E-state index contributed by atoms with van der Waals surface area (Å²) in [5.74, 6) is 0.0387. The molecule has 0 spiro atoms. The largest absolute Gasteiger partial charge is 0.337 e. The van der Waals surface area contributed by atoms with Crippen LogP contribution in [0.25, 0.3) is 0 Å². The molecule has 0 saturated heterocycles. The summed E-state index contributed by atoms with van der Waals surface area (Å²) in [6.07, 6.45) is 5.08. The summed E-state index contributed by atoms with van der Waals surface area (Å²) in [5, 5.41) is 0. The first-order valence-corrected chi connectivity index (χ1v) is 5.51. The van der Waals surface area contributed by atoms with Gasteiger partial charge in [0.25, 0.3) is 0 Å². The lowest BCUT2D eigenvalue weighted by Crippen LogP contribution is -2.44. The number of hydrogen-bond donors (Lipinski definition) is 1. The van der Waals surface area contributed by atoms with Crippen LogP contribution in [-0.2, 0) is 4.79 Å². The van der Waals surface area contributed by atoms with Crippen LogP contribution in [0.15, 0.2) is 24.5 Å². The SMILES string of the molecule is CC(c1ccncc1)N(C)C(=O)C1(N)CC1. The lowest BCUT2D eigenvalue weighted by Gasteiger charge is -2.27. The van der Waals surface area contributed by atoms with E-state index >= 15 is 0 Å². The highest BCUT2D eigenvalue weighted by molar-refractivity contribution is 5.89. The van der Waals surface area contributed by atoms with E-state index in [2.05, 4.69) is 4.98 Å². The Bertz CT molecular complexity index is 387. The quantitative estimate of drug-likeness (QED) is 0.828. The van der Waals surface area contributed by atoms with E-state index in [-0.39, 0.29) is 11.9 Å². The van der Waals surface area contributed by atoms with Crippen molar-refractivity contribution in [2.75, 3.05) is 7.05 Å². The van der Waals surface area contributed by atoms with Gasteiger partial charge in [0.05, 0.1) is 11.6 Å². The summed E-state index contributed by atoms with van der Waals surface area (Å²) in [5.41, 5.74) is 6.39. The Balaban J connectivity index is 2.10. The predicted molar refractivity (Wildman–Crippen MR) is 61.6 cm³/mol. The highest BCUT2D eigenvalue weighted by Crippen LogP contribution is 2.35. The van der Waals surface area contributed by atoms with Gasteiger partial charge in [-0.25, -0.2) is 0 Å². The Morgan fingerprint density at radius 2 is 2.06 bits per heavy atom. The van der Waals surface area contributed by atoms with Crippen molar-refractivity contribution < 1.29 is 4.79 Å². The summed E-state index contributed by atoms with van der Waals surface area (Å²) in [6, 6.07) is 3.88. The molecule has 2 N–H and O–H groups in total. The smallest absolute Gasteiger partial charge is 0.242 e. The molecule has 2 rings (SSSR count). The molecular formula is C12H17N3O. The first-order chi connectivity index (χ1) is 7.54. The van der Waals surface area contributed by atoms with Crippen LogP contribution in [0, 0.1) is 0 Å². The molecule has 1 heterocycles. The topological polar surface area (TPSA) is 59.2 Å². The summed E-state index contributed by atoms with van der Waals surface area (Å²) in [4.78, 5) is 17.7. The molecule has 0 radical (unpaired) electrons. The third-order valence-electron chi connectivity index (χ3n) is 3.30. The fraction of sp³-hybridized carbons (Fsp3) is 0.500. The molecule has 16 heavy (non-hydrogen) atoms. The van der Waals surface area contributed by atoms with E-state index in [1.165, 1.54) is 0 Å². The number of hydrogen-bond acceptors (Lipinski definition) is 3. The zero-order valence-corrected chi connectivity index (χ0v) is 9.68. The van der Waals surface area contributed by atoms with Gasteiger partial charge in [0, 0.05) is 19.4 Å². The minimum absolute atomic E-state index is 0.0384. The summed E-state index contributed by atoms with van der Waals surface area (Å²) in [7, 11) is 1.81. The molecule has 4 heteroatoms. The second kappa shape index (κ2) is 3.87. The lowest BCUT2D eigenvalue weighted by molar-refractivity contribution is -0.134. The fourth-order valence-corrected chi connectivity index (χ4v) is 1.74. The average molecular weight is 219 g/mol. The molecule has 1 saturated carbocycles. The summed E-state index contributed by atoms with van der Waals surface area (Å²) >= 11 is 0. The molecule has 1 amide bonds. The standard InChI is InChI=1S/C12H17N3O/c1-9(10-3-7-14-8-4-10)15(2)11(16)12(13)5-6-12/h3-4,7-9H,5-6,13H2,1-2H3. The molecule has 1 unspecified atom stereocenters. The van der Waals surface area contributed by atoms with Crippen LogP contribution in [0.5, 0.6) is 0 Å². The third-order valence-corrected chi connectivity index (χ3v) is 3.30. The molecule has 1 aromatic heterocycles. The summed E-state index contributed by atoms with van der Waals surface area (Å²) < 4.78 is 0. The van der Waals surface area contributed by atoms with Crippen molar-refractivity contribution in [3.63, 3.8) is 0 Å². The Morgan fingerprint density at radius 1 is 1.50 bits per heavy atom. The Kier molecular flexibility index (Phi) is 2.68. The number of pyridine rings is 1. The van der Waals surface area contributed by atoms with Gasteiger partial charge in [0.1, 0.15) is 0 Å². The number of nitrogens with two attached hydrogens (primary N) is 1. The number of likely N-dealkylation sites (N-methyl/N-ethyl adjacent to an activating group) is 1. The van der Waals surface area contributed by atoms with Gasteiger partial charge in [-0.15, -0.1) is 0 Å². The predicted octanol–water partition coefficient (Wildman–Crippen LogP) is 1.09. The Labute approximate surface area is 95.5 Å². The van der Waals surface area contributed by atoms with Gasteiger partial charge < -0.3 is 10.6 Å². The maximum absolute atomic E-state index is 12.0. The minimum Gasteiger partial charge on any atom is -0.337 e. The van der Waals surface area contributed by atoms with Crippen LogP contribution in [0.2, 0.25) is 0 Å². The number of amides is 1. The molecule has 0 bridgehead atoms. The second-order valence-corrected chi connectivity index (χ2v) is 4.53. The van der Waals surface area contributed by atoms with Gasteiger partial charge in [0.15, 0.2) is 0 Å². The van der Waals surface area contributed by atoms with Crippen LogP contribution in [-0.4, -0.2) is 28.4 Å². The third kappa shape index (κ3) is 1.93. The van der Waals surface area contributed by atoms with E-state index in [0.29, 0.717) is 0 Å². The van der Waals surface area contributed by atoms with Crippen LogP contribution in [0.1, 0.15) is 31.4 Å². The molecule has 1 fully saturated rings. The van der Waals surface area contributed by atoms with E-state index in [0.717, 1.165) is 18.4 Å². The van der Waals surface area contributed by atoms with Crippen LogP contribution < -0.4 is 5.73 Å². The number of carbonyl (C=O) groups excluding carboxylic acids is 1. The zero-order chi connectivity index (χ0) is 11.8. The molecule has 0 aromatic carbocycles. The maximum Gasteiger partial charge on any atom is 0.242 e. The normalized spacial score (nSPS) is 18.9. The highest BCUT2D eigenvalue weighted by Gasteiger charge is 2.48. The van der Waals surface area contributed by atoms with Crippen molar-refractivity contribution in [2.24, 2.45) is 5.73 Å². The molecule has 86 valence electrons. The molecule has 1 atom stereocenters. The van der Waals surface area contributed by atoms with Gasteiger partial charge in [-0.3, -0.25) is 9.78 Å². The summed E-state index contributed by atoms with van der Waals surface area (Å²) in [6.45, 7) is 2.00. The number of aromatic nitrogens is 1. The van der Waals surface area contributed by atoms with Crippen molar-refractivity contribution in [3.05, 3.63) is 30.1 Å². The number of rotatable bonds is 3. The Hall–Kier alpha value is -1.42. The second-order valence-electron chi connectivity index (χ2n) is 4.53. The molecular weight excluding hydrogens is 202 g/mol. The molecule has 1 aliphatic carbocycles. The Morgan fingerprint density at radius 3 is 2.56 bits per heavy atom. The van der Waals surface area contributed by atoms with Crippen LogP contribution >= 0.6 is 0 Å². The average Bonchev–Trinajstić information content (AvgIpc) is 3.07. The van der Waals surface area contributed by atoms with Crippen LogP contribution in [0.3, 0.4) is 0 Å². The van der Waals surface area contributed by atoms with Gasteiger partial charge in [-0.05, 0) is 37.5 Å². The molecule has 4 nitrogen and oxygen atoms in total. The first-order valence-electron chi connectivity index (χ1n) is 5.51. The van der Waals surface area contributed by atoms with E-state index in [9.17, 15) is 4.79 Å². The number of carbonyl (C=O) groups is 1. The van der Waals surface area contributed by atoms with Crippen molar-refractivity contribution in [1.29, 1.82) is 0 Å². The van der Waals surface area contributed by atoms with E-state index in [4.69, 9.17) is 5.73 Å². The molecule has 1 aromatic rings. The minimum atomic E-state index is -0.587. The van der Waals surface area contributed by atoms with Crippen molar-refractivity contribution in [3.8, 4) is 0 Å². The zero-order valence-electron chi connectivity index (χ0n) is 9.68. The monoisotopic (exact) mass is 219 g/mol. The first kappa shape index (κ1) is 11.1. The van der Waals surface area contributed by atoms with E-state index < -0.39 is 5.54 Å².